The van der Waals surface area contributed by atoms with Crippen LogP contribution >= 0.6 is 0 Å². The maximum atomic E-state index is 13.0. The lowest BCUT2D eigenvalue weighted by atomic mass is 10.3. The molecule has 2 heterocycles. The molecule has 1 aromatic heterocycles. The molecule has 1 atom stereocenters. The number of aryl methyl sites for hydroxylation is 1. The number of carbonyl (C=O) groups is 1. The summed E-state index contributed by atoms with van der Waals surface area (Å²) in [7, 11) is 0. The average Bonchev–Trinajstić information content (AvgIpc) is 3.20. The first-order chi connectivity index (χ1) is 12.1. The Kier molecular flexibility index (Phi) is 5.44. The minimum absolute atomic E-state index is 0.0130. The molecule has 0 aliphatic carbocycles. The van der Waals surface area contributed by atoms with Crippen LogP contribution in [0.3, 0.4) is 0 Å². The second-order valence-corrected chi connectivity index (χ2v) is 5.77. The van der Waals surface area contributed by atoms with Crippen LogP contribution in [-0.2, 0) is 19.5 Å². The van der Waals surface area contributed by atoms with Crippen molar-refractivity contribution in [3.05, 3.63) is 41.7 Å². The van der Waals surface area contributed by atoms with Crippen LogP contribution in [0, 0.1) is 5.82 Å². The number of urea groups is 1. The smallest absolute Gasteiger partial charge is 0.315 e. The van der Waals surface area contributed by atoms with Gasteiger partial charge >= 0.3 is 6.03 Å². The number of hydrogen-bond donors (Lipinski definition) is 3. The largest absolute Gasteiger partial charge is 0.491 e. The molecule has 1 aromatic carbocycles. The number of benzene rings is 1. The molecule has 1 aliphatic rings. The van der Waals surface area contributed by atoms with Crippen molar-refractivity contribution in [2.45, 2.75) is 32.0 Å². The van der Waals surface area contributed by atoms with Crippen LogP contribution in [0.1, 0.15) is 18.1 Å². The lowest BCUT2D eigenvalue weighted by molar-refractivity contribution is 0.107. The summed E-state index contributed by atoms with van der Waals surface area (Å²) in [4.78, 5) is 11.8. The summed E-state index contributed by atoms with van der Waals surface area (Å²) in [6, 6.07) is 5.22. The SMILES string of the molecule is O=C(NCc1nnc2n1CCC2)NCC(O)COc1cccc(F)c1. The fraction of sp³-hybridized carbons (Fsp3) is 0.438. The highest BCUT2D eigenvalue weighted by molar-refractivity contribution is 5.73. The quantitative estimate of drug-likeness (QED) is 0.680. The van der Waals surface area contributed by atoms with E-state index in [1.165, 1.54) is 18.2 Å². The Balaban J connectivity index is 1.35. The van der Waals surface area contributed by atoms with Gasteiger partial charge < -0.3 is 25.0 Å². The number of aromatic nitrogens is 3. The molecule has 0 saturated heterocycles. The van der Waals surface area contributed by atoms with Gasteiger partial charge in [0.1, 0.15) is 30.1 Å². The molecule has 1 unspecified atom stereocenters. The first-order valence-corrected chi connectivity index (χ1v) is 8.11. The van der Waals surface area contributed by atoms with E-state index in [0.29, 0.717) is 5.75 Å². The number of aliphatic hydroxyl groups is 1. The highest BCUT2D eigenvalue weighted by Gasteiger charge is 2.17. The Morgan fingerprint density at radius 2 is 2.28 bits per heavy atom. The molecular weight excluding hydrogens is 329 g/mol. The molecule has 2 amide bonds. The maximum Gasteiger partial charge on any atom is 0.315 e. The molecular formula is C16H20FN5O3. The molecule has 0 fully saturated rings. The zero-order chi connectivity index (χ0) is 17.6. The number of fused-ring (bicyclic) bond motifs is 1. The summed E-state index contributed by atoms with van der Waals surface area (Å²) < 4.78 is 20.3. The van der Waals surface area contributed by atoms with Crippen LogP contribution in [-0.4, -0.2) is 45.2 Å². The number of aliphatic hydroxyl groups excluding tert-OH is 1. The van der Waals surface area contributed by atoms with Crippen molar-refractivity contribution in [1.29, 1.82) is 0 Å². The van der Waals surface area contributed by atoms with Crippen LogP contribution in [0.15, 0.2) is 24.3 Å². The summed E-state index contributed by atoms with van der Waals surface area (Å²) >= 11 is 0. The molecule has 2 aromatic rings. The molecule has 0 radical (unpaired) electrons. The van der Waals surface area contributed by atoms with Crippen molar-refractivity contribution in [2.24, 2.45) is 0 Å². The van der Waals surface area contributed by atoms with Crippen LogP contribution < -0.4 is 15.4 Å². The Morgan fingerprint density at radius 3 is 3.12 bits per heavy atom. The number of carbonyl (C=O) groups excluding carboxylic acids is 1. The monoisotopic (exact) mass is 349 g/mol. The minimum Gasteiger partial charge on any atom is -0.491 e. The van der Waals surface area contributed by atoms with Gasteiger partial charge in [-0.3, -0.25) is 0 Å². The number of nitrogens with one attached hydrogen (secondary N) is 2. The van der Waals surface area contributed by atoms with Gasteiger partial charge in [-0.05, 0) is 18.6 Å². The number of ether oxygens (including phenoxy) is 1. The molecule has 3 N–H and O–H groups in total. The number of hydrogen-bond acceptors (Lipinski definition) is 5. The van der Waals surface area contributed by atoms with E-state index in [1.54, 1.807) is 6.07 Å². The van der Waals surface area contributed by atoms with Crippen molar-refractivity contribution >= 4 is 6.03 Å². The van der Waals surface area contributed by atoms with Crippen LogP contribution in [0.2, 0.25) is 0 Å². The normalized spacial score (nSPS) is 14.0. The highest BCUT2D eigenvalue weighted by Crippen LogP contribution is 2.13. The number of halogens is 1. The number of rotatable bonds is 7. The van der Waals surface area contributed by atoms with Gasteiger partial charge in [-0.25, -0.2) is 9.18 Å². The van der Waals surface area contributed by atoms with Gasteiger partial charge in [0.05, 0.1) is 6.54 Å². The summed E-state index contributed by atoms with van der Waals surface area (Å²) in [6.45, 7) is 1.10. The number of amides is 2. The van der Waals surface area contributed by atoms with E-state index in [1.807, 2.05) is 4.57 Å². The Hall–Kier alpha value is -2.68. The highest BCUT2D eigenvalue weighted by atomic mass is 19.1. The van der Waals surface area contributed by atoms with E-state index in [9.17, 15) is 14.3 Å². The fourth-order valence-corrected chi connectivity index (χ4v) is 2.58. The van der Waals surface area contributed by atoms with Crippen molar-refractivity contribution in [3.63, 3.8) is 0 Å². The van der Waals surface area contributed by atoms with Crippen LogP contribution in [0.25, 0.3) is 0 Å². The molecule has 0 saturated carbocycles. The van der Waals surface area contributed by atoms with Gasteiger partial charge in [0.15, 0.2) is 5.82 Å². The molecule has 0 bridgehead atoms. The maximum absolute atomic E-state index is 13.0. The van der Waals surface area contributed by atoms with E-state index < -0.39 is 18.0 Å². The minimum atomic E-state index is -0.911. The van der Waals surface area contributed by atoms with Gasteiger partial charge in [0.25, 0.3) is 0 Å². The second kappa shape index (κ2) is 7.93. The van der Waals surface area contributed by atoms with E-state index in [0.717, 1.165) is 31.0 Å². The number of nitrogens with zero attached hydrogens (tertiary/aromatic N) is 3. The van der Waals surface area contributed by atoms with Crippen molar-refractivity contribution in [2.75, 3.05) is 13.2 Å². The van der Waals surface area contributed by atoms with Crippen molar-refractivity contribution in [3.8, 4) is 5.75 Å². The first-order valence-electron chi connectivity index (χ1n) is 8.11. The third kappa shape index (κ3) is 4.66. The zero-order valence-electron chi connectivity index (χ0n) is 13.6. The predicted octanol–water partition coefficient (Wildman–Crippen LogP) is 0.603. The lowest BCUT2D eigenvalue weighted by Crippen LogP contribution is -2.41. The third-order valence-corrected chi connectivity index (χ3v) is 3.83. The second-order valence-electron chi connectivity index (χ2n) is 5.77. The fourth-order valence-electron chi connectivity index (χ4n) is 2.58. The van der Waals surface area contributed by atoms with Gasteiger partial charge in [-0.2, -0.15) is 0 Å². The topological polar surface area (TPSA) is 101 Å². The molecule has 8 nitrogen and oxygen atoms in total. The zero-order valence-corrected chi connectivity index (χ0v) is 13.6. The molecule has 9 heteroatoms. The standard InChI is InChI=1S/C16H20FN5O3/c17-11-3-1-4-13(7-11)25-10-12(23)8-18-16(24)19-9-15-21-20-14-5-2-6-22(14)15/h1,3-4,7,12,23H,2,5-6,8-10H2,(H2,18,19,24). The summed E-state index contributed by atoms with van der Waals surface area (Å²) in [5.41, 5.74) is 0. The van der Waals surface area contributed by atoms with Gasteiger partial charge in [0.2, 0.25) is 0 Å². The van der Waals surface area contributed by atoms with E-state index in [4.69, 9.17) is 4.74 Å². The molecule has 25 heavy (non-hydrogen) atoms. The lowest BCUT2D eigenvalue weighted by Gasteiger charge is -2.14. The molecule has 1 aliphatic heterocycles. The van der Waals surface area contributed by atoms with E-state index in [-0.39, 0.29) is 19.7 Å². The average molecular weight is 349 g/mol. The van der Waals surface area contributed by atoms with Gasteiger partial charge in [-0.15, -0.1) is 10.2 Å². The molecule has 0 spiro atoms. The van der Waals surface area contributed by atoms with E-state index in [2.05, 4.69) is 20.8 Å². The van der Waals surface area contributed by atoms with Gasteiger partial charge in [-0.1, -0.05) is 6.07 Å². The van der Waals surface area contributed by atoms with Crippen LogP contribution in [0.4, 0.5) is 9.18 Å². The summed E-state index contributed by atoms with van der Waals surface area (Å²) in [5.74, 6) is 1.58. The van der Waals surface area contributed by atoms with Crippen LogP contribution in [0.5, 0.6) is 5.75 Å². The summed E-state index contributed by atoms with van der Waals surface area (Å²) in [6.07, 6.45) is 1.05. The first kappa shape index (κ1) is 17.2. The predicted molar refractivity (Wildman–Crippen MR) is 86.5 cm³/mol. The Bertz CT molecular complexity index is 736. The van der Waals surface area contributed by atoms with Gasteiger partial charge in [0, 0.05) is 25.6 Å². The van der Waals surface area contributed by atoms with E-state index >= 15 is 0 Å². The Labute approximate surface area is 144 Å². The van der Waals surface area contributed by atoms with Crippen molar-refractivity contribution in [1.82, 2.24) is 25.4 Å². The summed E-state index contributed by atoms with van der Waals surface area (Å²) in [5, 5.41) is 23.2. The molecule has 3 rings (SSSR count). The third-order valence-electron chi connectivity index (χ3n) is 3.83. The molecule has 134 valence electrons. The van der Waals surface area contributed by atoms with Crippen molar-refractivity contribution < 1.29 is 19.0 Å². The Morgan fingerprint density at radius 1 is 1.40 bits per heavy atom.